The molecule has 0 aromatic rings. The minimum Gasteiger partial charge on any atom is -0.479 e. The van der Waals surface area contributed by atoms with Gasteiger partial charge in [-0.25, -0.2) is 4.79 Å². The predicted molar refractivity (Wildman–Crippen MR) is 35.8 cm³/mol. The second-order valence-corrected chi connectivity index (χ2v) is 2.59. The number of rotatable bonds is 2. The Hall–Kier alpha value is -0.570. The second kappa shape index (κ2) is 3.01. The van der Waals surface area contributed by atoms with Gasteiger partial charge in [-0.15, -0.1) is 0 Å². The maximum Gasteiger partial charge on any atom is 0.333 e. The van der Waals surface area contributed by atoms with Gasteiger partial charge in [0.2, 0.25) is 0 Å². The first kappa shape index (κ1) is 7.54. The summed E-state index contributed by atoms with van der Waals surface area (Å²) in [5, 5.41) is 8.59. The van der Waals surface area contributed by atoms with Gasteiger partial charge in [0.15, 0.2) is 6.10 Å². The van der Waals surface area contributed by atoms with Crippen molar-refractivity contribution in [2.75, 3.05) is 6.61 Å². The van der Waals surface area contributed by atoms with Crippen LogP contribution in [0.4, 0.5) is 0 Å². The molecule has 0 amide bonds. The van der Waals surface area contributed by atoms with E-state index in [4.69, 9.17) is 9.84 Å². The highest BCUT2D eigenvalue weighted by Gasteiger charge is 2.32. The molecule has 3 heteroatoms. The summed E-state index contributed by atoms with van der Waals surface area (Å²) in [5.41, 5.74) is 0. The van der Waals surface area contributed by atoms with E-state index < -0.39 is 12.1 Å². The summed E-state index contributed by atoms with van der Waals surface area (Å²) in [5.74, 6) is -0.582. The molecule has 2 atom stereocenters. The van der Waals surface area contributed by atoms with Crippen LogP contribution in [0.3, 0.4) is 0 Å². The van der Waals surface area contributed by atoms with Crippen LogP contribution in [0.5, 0.6) is 0 Å². The highest BCUT2D eigenvalue weighted by atomic mass is 16.5. The molecule has 1 rings (SSSR count). The summed E-state index contributed by atoms with van der Waals surface area (Å²) in [6, 6.07) is 0. The third-order valence-corrected chi connectivity index (χ3v) is 1.98. The molecule has 0 saturated carbocycles. The molecule has 1 aliphatic rings. The molecule has 0 aliphatic carbocycles. The van der Waals surface area contributed by atoms with Crippen LogP contribution >= 0.6 is 0 Å². The number of ether oxygens (including phenoxy) is 1. The summed E-state index contributed by atoms with van der Waals surface area (Å²) < 4.78 is 5.02. The summed E-state index contributed by atoms with van der Waals surface area (Å²) in [6.07, 6.45) is 1.26. The first-order chi connectivity index (χ1) is 4.75. The molecular formula is C7H12O3. The van der Waals surface area contributed by atoms with Crippen LogP contribution in [-0.4, -0.2) is 23.8 Å². The summed E-state index contributed by atoms with van der Waals surface area (Å²) in [7, 11) is 0. The van der Waals surface area contributed by atoms with E-state index in [0.717, 1.165) is 12.8 Å². The maximum atomic E-state index is 10.4. The fraction of sp³-hybridized carbons (Fsp3) is 0.857. The van der Waals surface area contributed by atoms with Crippen LogP contribution < -0.4 is 0 Å². The van der Waals surface area contributed by atoms with Gasteiger partial charge in [-0.05, 0) is 12.3 Å². The molecule has 1 N–H and O–H groups in total. The third-order valence-electron chi connectivity index (χ3n) is 1.98. The van der Waals surface area contributed by atoms with Crippen molar-refractivity contribution >= 4 is 5.97 Å². The van der Waals surface area contributed by atoms with Crippen LogP contribution in [0.2, 0.25) is 0 Å². The lowest BCUT2D eigenvalue weighted by Gasteiger charge is -2.10. The first-order valence-corrected chi connectivity index (χ1v) is 3.60. The van der Waals surface area contributed by atoms with E-state index in [9.17, 15) is 4.79 Å². The van der Waals surface area contributed by atoms with E-state index in [1.807, 2.05) is 6.92 Å². The van der Waals surface area contributed by atoms with Crippen LogP contribution in [0.1, 0.15) is 19.8 Å². The molecule has 0 unspecified atom stereocenters. The number of hydrogen-bond donors (Lipinski definition) is 1. The minimum atomic E-state index is -0.815. The number of carboxylic acids is 1. The third kappa shape index (κ3) is 1.29. The largest absolute Gasteiger partial charge is 0.479 e. The van der Waals surface area contributed by atoms with Gasteiger partial charge >= 0.3 is 5.97 Å². The molecule has 0 bridgehead atoms. The SMILES string of the molecule is CC[C@@H]1CCO[C@@H]1C(=O)O. The Bertz CT molecular complexity index is 133. The zero-order valence-corrected chi connectivity index (χ0v) is 6.04. The van der Waals surface area contributed by atoms with Gasteiger partial charge in [0.25, 0.3) is 0 Å². The monoisotopic (exact) mass is 144 g/mol. The van der Waals surface area contributed by atoms with Crippen molar-refractivity contribution in [3.8, 4) is 0 Å². The molecule has 3 nitrogen and oxygen atoms in total. The van der Waals surface area contributed by atoms with Crippen molar-refractivity contribution in [2.24, 2.45) is 5.92 Å². The molecule has 0 aromatic carbocycles. The lowest BCUT2D eigenvalue weighted by molar-refractivity contribution is -0.149. The Morgan fingerprint density at radius 2 is 2.50 bits per heavy atom. The van der Waals surface area contributed by atoms with E-state index in [-0.39, 0.29) is 5.92 Å². The molecular weight excluding hydrogens is 132 g/mol. The first-order valence-electron chi connectivity index (χ1n) is 3.60. The fourth-order valence-corrected chi connectivity index (χ4v) is 1.32. The van der Waals surface area contributed by atoms with Gasteiger partial charge < -0.3 is 9.84 Å². The lowest BCUT2D eigenvalue weighted by atomic mass is 9.99. The predicted octanol–water partition coefficient (Wildman–Crippen LogP) is 0.886. The van der Waals surface area contributed by atoms with Gasteiger partial charge in [-0.3, -0.25) is 0 Å². The molecule has 10 heavy (non-hydrogen) atoms. The van der Waals surface area contributed by atoms with Gasteiger partial charge in [0, 0.05) is 6.61 Å². The number of carboxylic acid groups (broad SMARTS) is 1. The Balaban J connectivity index is 2.50. The topological polar surface area (TPSA) is 46.5 Å². The van der Waals surface area contributed by atoms with Gasteiger partial charge in [0.1, 0.15) is 0 Å². The van der Waals surface area contributed by atoms with Crippen molar-refractivity contribution in [3.05, 3.63) is 0 Å². The Morgan fingerprint density at radius 1 is 1.80 bits per heavy atom. The molecule has 0 radical (unpaired) electrons. The van der Waals surface area contributed by atoms with E-state index in [1.165, 1.54) is 0 Å². The van der Waals surface area contributed by atoms with Gasteiger partial charge in [-0.2, -0.15) is 0 Å². The van der Waals surface area contributed by atoms with Crippen LogP contribution in [-0.2, 0) is 9.53 Å². The highest BCUT2D eigenvalue weighted by molar-refractivity contribution is 5.73. The average molecular weight is 144 g/mol. The number of carbonyl (C=O) groups is 1. The molecule has 1 saturated heterocycles. The van der Waals surface area contributed by atoms with Crippen molar-refractivity contribution in [3.63, 3.8) is 0 Å². The van der Waals surface area contributed by atoms with E-state index in [0.29, 0.717) is 6.61 Å². The standard InChI is InChI=1S/C7H12O3/c1-2-5-3-4-10-6(5)7(8)9/h5-6H,2-4H2,1H3,(H,8,9)/t5-,6+/m1/s1. The summed E-state index contributed by atoms with van der Waals surface area (Å²) in [4.78, 5) is 10.4. The number of aliphatic carboxylic acids is 1. The Labute approximate surface area is 60.0 Å². The highest BCUT2D eigenvalue weighted by Crippen LogP contribution is 2.23. The van der Waals surface area contributed by atoms with Crippen molar-refractivity contribution < 1.29 is 14.6 Å². The molecule has 1 fully saturated rings. The molecule has 0 aromatic heterocycles. The number of hydrogen-bond acceptors (Lipinski definition) is 2. The van der Waals surface area contributed by atoms with Crippen molar-refractivity contribution in [2.45, 2.75) is 25.9 Å². The van der Waals surface area contributed by atoms with Crippen LogP contribution in [0.15, 0.2) is 0 Å². The van der Waals surface area contributed by atoms with Crippen LogP contribution in [0.25, 0.3) is 0 Å². The van der Waals surface area contributed by atoms with Gasteiger partial charge in [-0.1, -0.05) is 13.3 Å². The smallest absolute Gasteiger partial charge is 0.333 e. The average Bonchev–Trinajstić information content (AvgIpc) is 2.33. The van der Waals surface area contributed by atoms with Crippen molar-refractivity contribution in [1.82, 2.24) is 0 Å². The maximum absolute atomic E-state index is 10.4. The molecule has 0 spiro atoms. The normalized spacial score (nSPS) is 32.5. The quantitative estimate of drug-likeness (QED) is 0.626. The summed E-state index contributed by atoms with van der Waals surface area (Å²) in [6.45, 7) is 2.60. The molecule has 58 valence electrons. The second-order valence-electron chi connectivity index (χ2n) is 2.59. The molecule has 1 heterocycles. The van der Waals surface area contributed by atoms with E-state index in [1.54, 1.807) is 0 Å². The van der Waals surface area contributed by atoms with Crippen LogP contribution in [0, 0.1) is 5.92 Å². The Morgan fingerprint density at radius 3 is 2.90 bits per heavy atom. The minimum absolute atomic E-state index is 0.234. The zero-order valence-electron chi connectivity index (χ0n) is 6.04. The van der Waals surface area contributed by atoms with Crippen molar-refractivity contribution in [1.29, 1.82) is 0 Å². The summed E-state index contributed by atoms with van der Waals surface area (Å²) >= 11 is 0. The molecule has 1 aliphatic heterocycles. The zero-order chi connectivity index (χ0) is 7.56. The Kier molecular flexibility index (Phi) is 2.27. The fourth-order valence-electron chi connectivity index (χ4n) is 1.32. The lowest BCUT2D eigenvalue weighted by Crippen LogP contribution is -2.25. The van der Waals surface area contributed by atoms with E-state index in [2.05, 4.69) is 0 Å². The van der Waals surface area contributed by atoms with E-state index >= 15 is 0 Å². The van der Waals surface area contributed by atoms with Gasteiger partial charge in [0.05, 0.1) is 0 Å².